The standard InChI is InChI=1S/C34H25Cl2N5O3/c1-43-30-16-13-21(17-28(30)36)31-27(19-41(39-31)23-7-3-2-4-8-23)25-18-26(25)33(42)37-29-10-6-5-9-24(29)34-38-32(40-44-34)20-11-14-22(35)15-12-20/h2-17,19,25-26H,18H2,1H3,(H,37,42). The number of para-hydroxylation sites is 2. The van der Waals surface area contributed by atoms with E-state index in [0.29, 0.717) is 45.2 Å². The van der Waals surface area contributed by atoms with Crippen LogP contribution in [0, 0.1) is 5.92 Å². The zero-order valence-corrected chi connectivity index (χ0v) is 25.0. The Labute approximate surface area is 263 Å². The molecule has 1 aliphatic carbocycles. The van der Waals surface area contributed by atoms with Gasteiger partial charge in [0.2, 0.25) is 11.7 Å². The van der Waals surface area contributed by atoms with E-state index in [2.05, 4.69) is 15.5 Å². The molecule has 8 nitrogen and oxygen atoms in total. The summed E-state index contributed by atoms with van der Waals surface area (Å²) in [4.78, 5) is 18.2. The first-order chi connectivity index (χ1) is 21.5. The van der Waals surface area contributed by atoms with Gasteiger partial charge in [-0.05, 0) is 73.2 Å². The van der Waals surface area contributed by atoms with Crippen LogP contribution in [0.5, 0.6) is 5.75 Å². The lowest BCUT2D eigenvalue weighted by atomic mass is 10.0. The molecule has 1 aliphatic rings. The van der Waals surface area contributed by atoms with Crippen molar-refractivity contribution in [1.82, 2.24) is 19.9 Å². The molecule has 2 atom stereocenters. The average molecular weight is 623 g/mol. The fraction of sp³-hybridized carbons (Fsp3) is 0.118. The number of ether oxygens (including phenoxy) is 1. The number of nitrogens with one attached hydrogen (secondary N) is 1. The highest BCUT2D eigenvalue weighted by Gasteiger charge is 2.46. The Bertz CT molecular complexity index is 1970. The van der Waals surface area contributed by atoms with Crippen LogP contribution in [0.4, 0.5) is 5.69 Å². The fourth-order valence-corrected chi connectivity index (χ4v) is 5.67. The van der Waals surface area contributed by atoms with E-state index in [4.69, 9.17) is 37.6 Å². The topological polar surface area (TPSA) is 95.1 Å². The summed E-state index contributed by atoms with van der Waals surface area (Å²) in [6, 6.07) is 30.1. The number of rotatable bonds is 8. The third kappa shape index (κ3) is 5.45. The summed E-state index contributed by atoms with van der Waals surface area (Å²) in [5, 5.41) is 13.3. The second-order valence-electron chi connectivity index (χ2n) is 10.5. The summed E-state index contributed by atoms with van der Waals surface area (Å²) in [5.41, 5.74) is 5.54. The van der Waals surface area contributed by atoms with Crippen molar-refractivity contribution in [3.63, 3.8) is 0 Å². The van der Waals surface area contributed by atoms with Crippen LogP contribution >= 0.6 is 23.2 Å². The van der Waals surface area contributed by atoms with Crippen LogP contribution in [0.1, 0.15) is 17.9 Å². The first kappa shape index (κ1) is 27.9. The first-order valence-corrected chi connectivity index (χ1v) is 14.7. The van der Waals surface area contributed by atoms with Crippen molar-refractivity contribution in [1.29, 1.82) is 0 Å². The molecule has 2 aromatic heterocycles. The number of benzene rings is 4. The average Bonchev–Trinajstić information content (AvgIpc) is 3.47. The van der Waals surface area contributed by atoms with Gasteiger partial charge in [0, 0.05) is 39.7 Å². The van der Waals surface area contributed by atoms with Gasteiger partial charge in [-0.15, -0.1) is 0 Å². The van der Waals surface area contributed by atoms with Gasteiger partial charge in [-0.25, -0.2) is 4.68 Å². The van der Waals surface area contributed by atoms with E-state index in [1.807, 2.05) is 95.8 Å². The Hall–Kier alpha value is -4.92. The highest BCUT2D eigenvalue weighted by atomic mass is 35.5. The van der Waals surface area contributed by atoms with E-state index < -0.39 is 0 Å². The molecule has 10 heteroatoms. The maximum absolute atomic E-state index is 13.6. The molecular weight excluding hydrogens is 597 g/mol. The van der Waals surface area contributed by atoms with Crippen molar-refractivity contribution in [2.75, 3.05) is 12.4 Å². The molecule has 0 bridgehead atoms. The lowest BCUT2D eigenvalue weighted by Gasteiger charge is -2.09. The van der Waals surface area contributed by atoms with Gasteiger partial charge in [-0.2, -0.15) is 10.1 Å². The zero-order chi connectivity index (χ0) is 30.2. The van der Waals surface area contributed by atoms with Gasteiger partial charge in [0.1, 0.15) is 5.75 Å². The zero-order valence-electron chi connectivity index (χ0n) is 23.4. The molecule has 2 unspecified atom stereocenters. The number of carbonyl (C=O) groups is 1. The first-order valence-electron chi connectivity index (χ1n) is 14.0. The van der Waals surface area contributed by atoms with Gasteiger partial charge < -0.3 is 14.6 Å². The molecule has 1 fully saturated rings. The minimum absolute atomic E-state index is 0.0181. The largest absolute Gasteiger partial charge is 0.495 e. The maximum Gasteiger partial charge on any atom is 0.260 e. The van der Waals surface area contributed by atoms with Crippen molar-refractivity contribution in [3.8, 4) is 45.5 Å². The highest BCUT2D eigenvalue weighted by Crippen LogP contribution is 2.51. The van der Waals surface area contributed by atoms with Gasteiger partial charge in [0.05, 0.1) is 34.8 Å². The monoisotopic (exact) mass is 621 g/mol. The lowest BCUT2D eigenvalue weighted by molar-refractivity contribution is -0.117. The Balaban J connectivity index is 1.15. The molecule has 44 heavy (non-hydrogen) atoms. The van der Waals surface area contributed by atoms with Crippen molar-refractivity contribution < 1.29 is 14.1 Å². The van der Waals surface area contributed by atoms with Crippen molar-refractivity contribution in [2.45, 2.75) is 12.3 Å². The second kappa shape index (κ2) is 11.6. The van der Waals surface area contributed by atoms with Gasteiger partial charge in [-0.3, -0.25) is 4.79 Å². The SMILES string of the molecule is COc1ccc(-c2nn(-c3ccccc3)cc2C2CC2C(=O)Nc2ccccc2-c2nc(-c3ccc(Cl)cc3)no2)cc1Cl. The van der Waals surface area contributed by atoms with Crippen LogP contribution in [0.2, 0.25) is 10.0 Å². The van der Waals surface area contributed by atoms with Crippen LogP contribution in [0.15, 0.2) is 108 Å². The van der Waals surface area contributed by atoms with Crippen molar-refractivity contribution >= 4 is 34.8 Å². The Morgan fingerprint density at radius 3 is 2.48 bits per heavy atom. The number of nitrogens with zero attached hydrogens (tertiary/aromatic N) is 4. The van der Waals surface area contributed by atoms with Crippen LogP contribution < -0.4 is 10.1 Å². The Kier molecular flexibility index (Phi) is 7.37. The van der Waals surface area contributed by atoms with Crippen molar-refractivity contribution in [2.24, 2.45) is 5.92 Å². The van der Waals surface area contributed by atoms with Gasteiger partial charge >= 0.3 is 0 Å². The summed E-state index contributed by atoms with van der Waals surface area (Å²) >= 11 is 12.5. The smallest absolute Gasteiger partial charge is 0.260 e. The third-order valence-electron chi connectivity index (χ3n) is 7.66. The Morgan fingerprint density at radius 1 is 0.955 bits per heavy atom. The lowest BCUT2D eigenvalue weighted by Crippen LogP contribution is -2.15. The van der Waals surface area contributed by atoms with Gasteiger partial charge in [0.25, 0.3) is 5.89 Å². The summed E-state index contributed by atoms with van der Waals surface area (Å²) in [7, 11) is 1.58. The quantitative estimate of drug-likeness (QED) is 0.184. The van der Waals surface area contributed by atoms with E-state index in [9.17, 15) is 4.79 Å². The Morgan fingerprint density at radius 2 is 1.70 bits per heavy atom. The molecule has 6 aromatic rings. The van der Waals surface area contributed by atoms with Crippen LogP contribution in [-0.4, -0.2) is 32.9 Å². The molecule has 2 heterocycles. The number of hydrogen-bond donors (Lipinski definition) is 1. The number of hydrogen-bond acceptors (Lipinski definition) is 6. The van der Waals surface area contributed by atoms with Crippen LogP contribution in [-0.2, 0) is 4.79 Å². The van der Waals surface area contributed by atoms with E-state index in [0.717, 1.165) is 28.1 Å². The number of anilines is 1. The summed E-state index contributed by atoms with van der Waals surface area (Å²) in [5.74, 6) is 0.976. The molecule has 0 spiro atoms. The number of halogens is 2. The molecule has 1 saturated carbocycles. The minimum Gasteiger partial charge on any atom is -0.495 e. The minimum atomic E-state index is -0.240. The number of methoxy groups -OCH3 is 1. The molecule has 4 aromatic carbocycles. The number of carbonyl (C=O) groups excluding carboxylic acids is 1. The molecular formula is C34H25Cl2N5O3. The summed E-state index contributed by atoms with van der Waals surface area (Å²) in [6.45, 7) is 0. The second-order valence-corrected chi connectivity index (χ2v) is 11.3. The molecule has 1 N–H and O–H groups in total. The molecule has 0 saturated heterocycles. The maximum atomic E-state index is 13.6. The van der Waals surface area contributed by atoms with E-state index in [-0.39, 0.29) is 17.7 Å². The number of amides is 1. The van der Waals surface area contributed by atoms with Crippen molar-refractivity contribution in [3.05, 3.63) is 119 Å². The van der Waals surface area contributed by atoms with E-state index in [1.54, 1.807) is 19.2 Å². The summed E-state index contributed by atoms with van der Waals surface area (Å²) < 4.78 is 12.8. The predicted molar refractivity (Wildman–Crippen MR) is 170 cm³/mol. The van der Waals surface area contributed by atoms with Gasteiger partial charge in [0.15, 0.2) is 0 Å². The molecule has 0 radical (unpaired) electrons. The predicted octanol–water partition coefficient (Wildman–Crippen LogP) is 8.31. The van der Waals surface area contributed by atoms with Crippen LogP contribution in [0.25, 0.3) is 39.8 Å². The molecule has 0 aliphatic heterocycles. The molecule has 218 valence electrons. The highest BCUT2D eigenvalue weighted by molar-refractivity contribution is 6.32. The third-order valence-corrected chi connectivity index (χ3v) is 8.21. The summed E-state index contributed by atoms with van der Waals surface area (Å²) in [6.07, 6.45) is 2.69. The van der Waals surface area contributed by atoms with Gasteiger partial charge in [-0.1, -0.05) is 58.7 Å². The normalized spacial score (nSPS) is 15.6. The molecule has 7 rings (SSSR count). The number of aromatic nitrogens is 4. The van der Waals surface area contributed by atoms with E-state index >= 15 is 0 Å². The van der Waals surface area contributed by atoms with Crippen LogP contribution in [0.3, 0.4) is 0 Å². The van der Waals surface area contributed by atoms with E-state index in [1.165, 1.54) is 0 Å². The fourth-order valence-electron chi connectivity index (χ4n) is 5.29. The molecule has 1 amide bonds.